The average Bonchev–Trinajstić information content (AvgIpc) is 3.24. The molecule has 0 radical (unpaired) electrons. The fourth-order valence-corrected chi connectivity index (χ4v) is 5.65. The highest BCUT2D eigenvalue weighted by Gasteiger charge is 2.41. The number of carbonyl (C=O) groups excluding carboxylic acids is 1. The Kier molecular flexibility index (Phi) is 5.77. The number of rotatable bonds is 7. The number of para-hydroxylation sites is 1. The van der Waals surface area contributed by atoms with E-state index in [9.17, 15) is 4.79 Å². The standard InChI is InChI=1S/C26H29ClN2O2/c1-18(30)25-17-28(26-6-3-2-5-24(25)26)13-4-14-29-20-9-10-21(29)16-23(15-20)31-22-11-7-19(27)8-12-22/h2-3,5-8,11-12,17,20-21,23H,4,9-10,13-16H2,1H3/t20-,21+,23+. The Morgan fingerprint density at radius 3 is 2.45 bits per heavy atom. The second kappa shape index (κ2) is 8.68. The van der Waals surface area contributed by atoms with Crippen LogP contribution in [-0.4, -0.2) is 40.0 Å². The van der Waals surface area contributed by atoms with Crippen LogP contribution in [0.1, 0.15) is 49.4 Å². The number of nitrogens with zero attached hydrogens (tertiary/aromatic N) is 2. The van der Waals surface area contributed by atoms with Crippen LogP contribution in [0.15, 0.2) is 54.7 Å². The van der Waals surface area contributed by atoms with E-state index in [-0.39, 0.29) is 5.78 Å². The first-order chi connectivity index (χ1) is 15.1. The zero-order valence-electron chi connectivity index (χ0n) is 18.0. The topological polar surface area (TPSA) is 34.5 Å². The van der Waals surface area contributed by atoms with Gasteiger partial charge in [0.1, 0.15) is 11.9 Å². The maximum absolute atomic E-state index is 12.0. The van der Waals surface area contributed by atoms with E-state index in [0.29, 0.717) is 18.2 Å². The molecule has 0 amide bonds. The average molecular weight is 437 g/mol. The van der Waals surface area contributed by atoms with Crippen LogP contribution >= 0.6 is 11.6 Å². The SMILES string of the molecule is CC(=O)c1cn(CCCN2[C@@H]3CC[C@H]2C[C@@H](Oc2ccc(Cl)cc2)C3)c2ccccc12. The molecule has 4 nitrogen and oxygen atoms in total. The first-order valence-electron chi connectivity index (χ1n) is 11.4. The van der Waals surface area contributed by atoms with Gasteiger partial charge in [0.2, 0.25) is 0 Å². The molecule has 5 heteroatoms. The smallest absolute Gasteiger partial charge is 0.161 e. The van der Waals surface area contributed by atoms with E-state index in [4.69, 9.17) is 16.3 Å². The Balaban J connectivity index is 1.19. The third kappa shape index (κ3) is 4.24. The second-order valence-corrected chi connectivity index (χ2v) is 9.39. The highest BCUT2D eigenvalue weighted by atomic mass is 35.5. The Labute approximate surface area is 188 Å². The normalized spacial score (nSPS) is 23.4. The number of aromatic nitrogens is 1. The lowest BCUT2D eigenvalue weighted by Crippen LogP contribution is -2.46. The number of ketones is 1. The van der Waals surface area contributed by atoms with Crippen LogP contribution in [0.5, 0.6) is 5.75 Å². The number of ether oxygens (including phenoxy) is 1. The van der Waals surface area contributed by atoms with Crippen LogP contribution in [0.3, 0.4) is 0 Å². The van der Waals surface area contributed by atoms with Gasteiger partial charge in [-0.05, 0) is 69.4 Å². The minimum Gasteiger partial charge on any atom is -0.490 e. The summed E-state index contributed by atoms with van der Waals surface area (Å²) in [5.74, 6) is 1.05. The number of halogens is 1. The van der Waals surface area contributed by atoms with Gasteiger partial charge in [0, 0.05) is 52.9 Å². The second-order valence-electron chi connectivity index (χ2n) is 8.95. The Morgan fingerprint density at radius 2 is 1.74 bits per heavy atom. The monoisotopic (exact) mass is 436 g/mol. The third-order valence-corrected chi connectivity index (χ3v) is 7.19. The van der Waals surface area contributed by atoms with Crippen molar-refractivity contribution in [2.24, 2.45) is 0 Å². The molecule has 0 spiro atoms. The van der Waals surface area contributed by atoms with Gasteiger partial charge in [0.05, 0.1) is 0 Å². The molecule has 0 N–H and O–H groups in total. The van der Waals surface area contributed by atoms with Gasteiger partial charge in [-0.15, -0.1) is 0 Å². The van der Waals surface area contributed by atoms with Crippen molar-refractivity contribution in [3.63, 3.8) is 0 Å². The summed E-state index contributed by atoms with van der Waals surface area (Å²) in [4.78, 5) is 14.7. The molecule has 2 aliphatic rings. The lowest BCUT2D eigenvalue weighted by atomic mass is 9.99. The minimum absolute atomic E-state index is 0.135. The summed E-state index contributed by atoms with van der Waals surface area (Å²) in [5, 5.41) is 1.81. The van der Waals surface area contributed by atoms with Crippen LogP contribution in [0.25, 0.3) is 10.9 Å². The number of Topliss-reactive ketones (excluding diaryl/α,β-unsaturated/α-hetero) is 1. The molecule has 0 saturated carbocycles. The van der Waals surface area contributed by atoms with Crippen molar-refractivity contribution >= 4 is 28.3 Å². The summed E-state index contributed by atoms with van der Waals surface area (Å²) in [6.45, 7) is 3.69. The van der Waals surface area contributed by atoms with Crippen molar-refractivity contribution in [3.8, 4) is 5.75 Å². The molecule has 2 aliphatic heterocycles. The van der Waals surface area contributed by atoms with E-state index >= 15 is 0 Å². The van der Waals surface area contributed by atoms with Gasteiger partial charge in [-0.2, -0.15) is 0 Å². The predicted octanol–water partition coefficient (Wildman–Crippen LogP) is 5.96. The largest absolute Gasteiger partial charge is 0.490 e. The van der Waals surface area contributed by atoms with Crippen LogP contribution in [0.4, 0.5) is 0 Å². The van der Waals surface area contributed by atoms with Gasteiger partial charge in [0.25, 0.3) is 0 Å². The number of hydrogen-bond donors (Lipinski definition) is 0. The highest BCUT2D eigenvalue weighted by molar-refractivity contribution is 6.30. The molecule has 0 unspecified atom stereocenters. The molecule has 0 aliphatic carbocycles. The number of carbonyl (C=O) groups is 1. The molecular formula is C26H29ClN2O2. The zero-order chi connectivity index (χ0) is 21.4. The van der Waals surface area contributed by atoms with Crippen molar-refractivity contribution in [1.29, 1.82) is 0 Å². The molecule has 3 heterocycles. The quantitative estimate of drug-likeness (QED) is 0.428. The lowest BCUT2D eigenvalue weighted by molar-refractivity contribution is 0.0482. The molecule has 2 fully saturated rings. The molecule has 5 rings (SSSR count). The molecular weight excluding hydrogens is 408 g/mol. The number of aryl methyl sites for hydroxylation is 1. The molecule has 1 aromatic heterocycles. The van der Waals surface area contributed by atoms with Crippen molar-refractivity contribution in [2.45, 2.75) is 63.8 Å². The summed E-state index contributed by atoms with van der Waals surface area (Å²) in [6, 6.07) is 17.2. The van der Waals surface area contributed by atoms with Crippen LogP contribution in [0.2, 0.25) is 5.02 Å². The summed E-state index contributed by atoms with van der Waals surface area (Å²) in [6.07, 6.45) is 8.15. The van der Waals surface area contributed by atoms with E-state index < -0.39 is 0 Å². The fourth-order valence-electron chi connectivity index (χ4n) is 5.53. The maximum atomic E-state index is 12.0. The third-order valence-electron chi connectivity index (χ3n) is 6.94. The maximum Gasteiger partial charge on any atom is 0.161 e. The number of piperidine rings is 1. The fraction of sp³-hybridized carbons (Fsp3) is 0.423. The highest BCUT2D eigenvalue weighted by Crippen LogP contribution is 2.37. The zero-order valence-corrected chi connectivity index (χ0v) is 18.7. The van der Waals surface area contributed by atoms with Crippen LogP contribution in [-0.2, 0) is 6.54 Å². The van der Waals surface area contributed by atoms with E-state index in [1.54, 1.807) is 6.92 Å². The van der Waals surface area contributed by atoms with Gasteiger partial charge in [0.15, 0.2) is 5.78 Å². The van der Waals surface area contributed by atoms with Gasteiger partial charge in [-0.3, -0.25) is 9.69 Å². The van der Waals surface area contributed by atoms with E-state index in [1.165, 1.54) is 12.8 Å². The molecule has 2 aromatic carbocycles. The molecule has 2 bridgehead atoms. The number of fused-ring (bicyclic) bond motifs is 3. The summed E-state index contributed by atoms with van der Waals surface area (Å²) < 4.78 is 8.52. The summed E-state index contributed by atoms with van der Waals surface area (Å²) in [5.41, 5.74) is 1.99. The van der Waals surface area contributed by atoms with Crippen molar-refractivity contribution in [1.82, 2.24) is 9.47 Å². The molecule has 3 aromatic rings. The van der Waals surface area contributed by atoms with E-state index in [2.05, 4.69) is 21.6 Å². The van der Waals surface area contributed by atoms with Gasteiger partial charge >= 0.3 is 0 Å². The van der Waals surface area contributed by atoms with Crippen molar-refractivity contribution in [3.05, 3.63) is 65.3 Å². The Hall–Kier alpha value is -2.30. The molecule has 31 heavy (non-hydrogen) atoms. The van der Waals surface area contributed by atoms with Crippen LogP contribution in [0, 0.1) is 0 Å². The summed E-state index contributed by atoms with van der Waals surface area (Å²) >= 11 is 5.99. The number of benzene rings is 2. The Bertz CT molecular complexity index is 1060. The first kappa shape index (κ1) is 20.6. The van der Waals surface area contributed by atoms with E-state index in [1.807, 2.05) is 42.6 Å². The van der Waals surface area contributed by atoms with Gasteiger partial charge in [-0.1, -0.05) is 29.8 Å². The minimum atomic E-state index is 0.135. The first-order valence-corrected chi connectivity index (χ1v) is 11.7. The predicted molar refractivity (Wildman–Crippen MR) is 125 cm³/mol. The Morgan fingerprint density at radius 1 is 1.03 bits per heavy atom. The van der Waals surface area contributed by atoms with Gasteiger partial charge in [-0.25, -0.2) is 0 Å². The van der Waals surface area contributed by atoms with E-state index in [0.717, 1.165) is 59.6 Å². The summed E-state index contributed by atoms with van der Waals surface area (Å²) in [7, 11) is 0. The van der Waals surface area contributed by atoms with Gasteiger partial charge < -0.3 is 9.30 Å². The van der Waals surface area contributed by atoms with Crippen molar-refractivity contribution in [2.75, 3.05) is 6.54 Å². The van der Waals surface area contributed by atoms with Crippen LogP contribution < -0.4 is 4.74 Å². The molecule has 3 atom stereocenters. The molecule has 2 saturated heterocycles. The lowest BCUT2D eigenvalue weighted by Gasteiger charge is -2.39. The van der Waals surface area contributed by atoms with Crippen molar-refractivity contribution < 1.29 is 9.53 Å². The number of hydrogen-bond acceptors (Lipinski definition) is 3. The molecule has 162 valence electrons.